The molecule has 0 saturated heterocycles. The Hall–Kier alpha value is -1.17. The van der Waals surface area contributed by atoms with Crippen LogP contribution in [0.1, 0.15) is 18.9 Å². The molecule has 1 aliphatic rings. The first-order valence-electron chi connectivity index (χ1n) is 5.59. The van der Waals surface area contributed by atoms with Crippen LogP contribution in [0.3, 0.4) is 0 Å². The number of ether oxygens (including phenoxy) is 1. The highest BCUT2D eigenvalue weighted by molar-refractivity contribution is 9.10. The van der Waals surface area contributed by atoms with Gasteiger partial charge in [0.15, 0.2) is 0 Å². The standard InChI is InChI=1S/C12H11BrF2N2O/c1-18-11-3-10-7(2-9(11)13)6-17(16-10)8-4-12(14,15)5-8/h2-3,6,8H,4-5H2,1H3. The first-order chi connectivity index (χ1) is 8.48. The van der Waals surface area contributed by atoms with E-state index < -0.39 is 5.92 Å². The molecule has 2 aromatic rings. The van der Waals surface area contributed by atoms with E-state index in [-0.39, 0.29) is 18.9 Å². The summed E-state index contributed by atoms with van der Waals surface area (Å²) in [6, 6.07) is 3.48. The molecule has 18 heavy (non-hydrogen) atoms. The molecule has 0 spiro atoms. The normalized spacial score (nSPS) is 18.9. The van der Waals surface area contributed by atoms with E-state index in [9.17, 15) is 8.78 Å². The minimum absolute atomic E-state index is 0.126. The Kier molecular flexibility index (Phi) is 2.59. The number of halogens is 3. The van der Waals surface area contributed by atoms with Crippen LogP contribution in [0.4, 0.5) is 8.78 Å². The van der Waals surface area contributed by atoms with Crippen molar-refractivity contribution < 1.29 is 13.5 Å². The molecule has 1 aromatic heterocycles. The minimum atomic E-state index is -2.53. The largest absolute Gasteiger partial charge is 0.495 e. The number of benzene rings is 1. The van der Waals surface area contributed by atoms with Crippen molar-refractivity contribution in [2.45, 2.75) is 24.8 Å². The lowest BCUT2D eigenvalue weighted by Gasteiger charge is -2.34. The summed E-state index contributed by atoms with van der Waals surface area (Å²) in [5, 5.41) is 5.25. The average Bonchev–Trinajstić information content (AvgIpc) is 2.66. The zero-order chi connectivity index (χ0) is 12.9. The molecule has 6 heteroatoms. The lowest BCUT2D eigenvalue weighted by molar-refractivity contribution is -0.106. The zero-order valence-electron chi connectivity index (χ0n) is 9.66. The Morgan fingerprint density at radius 3 is 2.78 bits per heavy atom. The summed E-state index contributed by atoms with van der Waals surface area (Å²) in [6.07, 6.45) is 1.55. The molecular weight excluding hydrogens is 306 g/mol. The van der Waals surface area contributed by atoms with Gasteiger partial charge in [-0.2, -0.15) is 5.10 Å². The first-order valence-corrected chi connectivity index (χ1v) is 6.38. The van der Waals surface area contributed by atoms with E-state index in [1.165, 1.54) is 0 Å². The number of aromatic nitrogens is 2. The van der Waals surface area contributed by atoms with Crippen LogP contribution in [0.15, 0.2) is 22.8 Å². The molecule has 0 amide bonds. The molecule has 3 nitrogen and oxygen atoms in total. The molecule has 0 atom stereocenters. The summed E-state index contributed by atoms with van der Waals surface area (Å²) in [4.78, 5) is 0. The second kappa shape index (κ2) is 3.91. The summed E-state index contributed by atoms with van der Waals surface area (Å²) in [5.74, 6) is -1.84. The molecule has 1 aromatic carbocycles. The predicted molar refractivity (Wildman–Crippen MR) is 67.2 cm³/mol. The topological polar surface area (TPSA) is 27.1 Å². The van der Waals surface area contributed by atoms with Gasteiger partial charge in [0.1, 0.15) is 5.75 Å². The third kappa shape index (κ3) is 1.88. The van der Waals surface area contributed by atoms with Gasteiger partial charge in [0.05, 0.1) is 23.1 Å². The van der Waals surface area contributed by atoms with Crippen LogP contribution < -0.4 is 4.74 Å². The molecular formula is C12H11BrF2N2O. The smallest absolute Gasteiger partial charge is 0.252 e. The molecule has 0 unspecified atom stereocenters. The van der Waals surface area contributed by atoms with Gasteiger partial charge in [-0.15, -0.1) is 0 Å². The van der Waals surface area contributed by atoms with E-state index in [0.29, 0.717) is 5.75 Å². The van der Waals surface area contributed by atoms with Gasteiger partial charge in [-0.1, -0.05) is 0 Å². The summed E-state index contributed by atoms with van der Waals surface area (Å²) in [6.45, 7) is 0. The van der Waals surface area contributed by atoms with Gasteiger partial charge in [-0.3, -0.25) is 4.68 Å². The Labute approximate surface area is 111 Å². The van der Waals surface area contributed by atoms with Gasteiger partial charge < -0.3 is 4.74 Å². The third-order valence-corrected chi connectivity index (χ3v) is 3.86. The molecule has 1 fully saturated rings. The molecule has 96 valence electrons. The number of hydrogen-bond donors (Lipinski definition) is 0. The number of hydrogen-bond acceptors (Lipinski definition) is 2. The molecule has 0 bridgehead atoms. The van der Waals surface area contributed by atoms with Crippen molar-refractivity contribution in [1.29, 1.82) is 0 Å². The predicted octanol–water partition coefficient (Wildman–Crippen LogP) is 3.78. The van der Waals surface area contributed by atoms with Crippen molar-refractivity contribution in [2.75, 3.05) is 7.11 Å². The highest BCUT2D eigenvalue weighted by Crippen LogP contribution is 2.45. The fourth-order valence-corrected chi connectivity index (χ4v) is 2.73. The first kappa shape index (κ1) is 11.9. The number of fused-ring (bicyclic) bond motifs is 1. The number of alkyl halides is 2. The average molecular weight is 317 g/mol. The maximum Gasteiger partial charge on any atom is 0.252 e. The fraction of sp³-hybridized carbons (Fsp3) is 0.417. The van der Waals surface area contributed by atoms with Crippen LogP contribution in [-0.2, 0) is 0 Å². The van der Waals surface area contributed by atoms with E-state index >= 15 is 0 Å². The highest BCUT2D eigenvalue weighted by atomic mass is 79.9. The van der Waals surface area contributed by atoms with Gasteiger partial charge in [0, 0.05) is 30.5 Å². The second-order valence-corrected chi connectivity index (χ2v) is 5.43. The maximum absolute atomic E-state index is 12.8. The SMILES string of the molecule is COc1cc2nn(C3CC(F)(F)C3)cc2cc1Br. The van der Waals surface area contributed by atoms with Crippen molar-refractivity contribution >= 4 is 26.8 Å². The number of methoxy groups -OCH3 is 1. The molecule has 0 N–H and O–H groups in total. The lowest BCUT2D eigenvalue weighted by atomic mass is 9.88. The van der Waals surface area contributed by atoms with E-state index in [0.717, 1.165) is 15.4 Å². The van der Waals surface area contributed by atoms with E-state index in [1.807, 2.05) is 6.07 Å². The van der Waals surface area contributed by atoms with Crippen molar-refractivity contribution in [3.8, 4) is 5.75 Å². The van der Waals surface area contributed by atoms with Crippen LogP contribution in [-0.4, -0.2) is 22.8 Å². The third-order valence-electron chi connectivity index (χ3n) is 3.24. The Bertz CT molecular complexity index is 603. The van der Waals surface area contributed by atoms with Gasteiger partial charge in [0.25, 0.3) is 5.92 Å². The Balaban J connectivity index is 1.97. The quantitative estimate of drug-likeness (QED) is 0.843. The van der Waals surface area contributed by atoms with E-state index in [4.69, 9.17) is 4.74 Å². The lowest BCUT2D eigenvalue weighted by Crippen LogP contribution is -2.37. The van der Waals surface area contributed by atoms with Gasteiger partial charge in [0.2, 0.25) is 0 Å². The fourth-order valence-electron chi connectivity index (χ4n) is 2.20. The minimum Gasteiger partial charge on any atom is -0.495 e. The second-order valence-electron chi connectivity index (χ2n) is 4.57. The maximum atomic E-state index is 12.8. The van der Waals surface area contributed by atoms with Crippen molar-refractivity contribution in [3.63, 3.8) is 0 Å². The monoisotopic (exact) mass is 316 g/mol. The van der Waals surface area contributed by atoms with E-state index in [1.54, 1.807) is 24.1 Å². The van der Waals surface area contributed by atoms with E-state index in [2.05, 4.69) is 21.0 Å². The van der Waals surface area contributed by atoms with Crippen LogP contribution in [0, 0.1) is 0 Å². The zero-order valence-corrected chi connectivity index (χ0v) is 11.2. The van der Waals surface area contributed by atoms with Gasteiger partial charge in [-0.05, 0) is 22.0 Å². The summed E-state index contributed by atoms with van der Waals surface area (Å²) < 4.78 is 33.3. The van der Waals surface area contributed by atoms with Crippen molar-refractivity contribution in [3.05, 3.63) is 22.8 Å². The molecule has 1 saturated carbocycles. The highest BCUT2D eigenvalue weighted by Gasteiger charge is 2.46. The Morgan fingerprint density at radius 1 is 1.44 bits per heavy atom. The van der Waals surface area contributed by atoms with Gasteiger partial charge in [-0.25, -0.2) is 8.78 Å². The van der Waals surface area contributed by atoms with Crippen molar-refractivity contribution in [1.82, 2.24) is 9.78 Å². The Morgan fingerprint density at radius 2 is 2.17 bits per heavy atom. The number of nitrogens with zero attached hydrogens (tertiary/aromatic N) is 2. The van der Waals surface area contributed by atoms with Gasteiger partial charge >= 0.3 is 0 Å². The van der Waals surface area contributed by atoms with Crippen LogP contribution in [0.5, 0.6) is 5.75 Å². The summed E-state index contributed by atoms with van der Waals surface area (Å²) in [7, 11) is 1.58. The molecule has 0 radical (unpaired) electrons. The number of rotatable bonds is 2. The van der Waals surface area contributed by atoms with Crippen LogP contribution >= 0.6 is 15.9 Å². The van der Waals surface area contributed by atoms with Crippen LogP contribution in [0.2, 0.25) is 0 Å². The molecule has 1 aliphatic carbocycles. The van der Waals surface area contributed by atoms with Crippen LogP contribution in [0.25, 0.3) is 10.9 Å². The molecule has 1 heterocycles. The van der Waals surface area contributed by atoms with Crippen molar-refractivity contribution in [2.24, 2.45) is 0 Å². The summed E-state index contributed by atoms with van der Waals surface area (Å²) in [5.41, 5.74) is 0.755. The summed E-state index contributed by atoms with van der Waals surface area (Å²) >= 11 is 3.39. The molecule has 0 aliphatic heterocycles. The molecule has 3 rings (SSSR count).